The molecule has 25 heavy (non-hydrogen) atoms. The number of benzene rings is 1. The van der Waals surface area contributed by atoms with Crippen molar-refractivity contribution in [3.63, 3.8) is 0 Å². The quantitative estimate of drug-likeness (QED) is 0.855. The van der Waals surface area contributed by atoms with Crippen molar-refractivity contribution in [3.8, 4) is 0 Å². The number of piperidine rings is 1. The molecule has 2 aliphatic rings. The first kappa shape index (κ1) is 17.7. The van der Waals surface area contributed by atoms with Gasteiger partial charge < -0.3 is 15.5 Å². The monoisotopic (exact) mass is 344 g/mol. The van der Waals surface area contributed by atoms with Crippen LogP contribution in [0.4, 0.5) is 4.79 Å². The molecule has 0 saturated carbocycles. The Morgan fingerprint density at radius 1 is 1.16 bits per heavy atom. The van der Waals surface area contributed by atoms with Crippen LogP contribution in [0.5, 0.6) is 0 Å². The lowest BCUT2D eigenvalue weighted by molar-refractivity contribution is -0.127. The largest absolute Gasteiger partial charge is 0.352 e. The molecule has 136 valence electrons. The van der Waals surface area contributed by atoms with Gasteiger partial charge in [0.1, 0.15) is 6.04 Å². The Balaban J connectivity index is 1.70. The molecule has 2 saturated heterocycles. The first-order chi connectivity index (χ1) is 12.1. The molecule has 3 rings (SSSR count). The lowest BCUT2D eigenvalue weighted by Gasteiger charge is -2.39. The summed E-state index contributed by atoms with van der Waals surface area (Å²) in [6, 6.07) is 10.1. The number of nitrogens with one attached hydrogen (secondary N) is 2. The van der Waals surface area contributed by atoms with E-state index in [0.717, 1.165) is 44.6 Å². The first-order valence-corrected chi connectivity index (χ1v) is 9.20. The van der Waals surface area contributed by atoms with Gasteiger partial charge in [-0.25, -0.2) is 4.79 Å². The Morgan fingerprint density at radius 3 is 2.40 bits per heavy atom. The van der Waals surface area contributed by atoms with E-state index in [1.54, 1.807) is 0 Å². The highest BCUT2D eigenvalue weighted by atomic mass is 16.2. The SMILES string of the molecule is CC(C)NC(=O)[C@H](c1ccccc1)N1CCC(N2CCNC2=O)CC1. The summed E-state index contributed by atoms with van der Waals surface area (Å²) in [4.78, 5) is 28.9. The van der Waals surface area contributed by atoms with Crippen LogP contribution < -0.4 is 10.6 Å². The molecule has 6 heteroatoms. The molecule has 2 N–H and O–H groups in total. The second kappa shape index (κ2) is 7.87. The van der Waals surface area contributed by atoms with Crippen molar-refractivity contribution in [3.05, 3.63) is 35.9 Å². The Bertz CT molecular complexity index is 597. The van der Waals surface area contributed by atoms with E-state index in [2.05, 4.69) is 15.5 Å². The van der Waals surface area contributed by atoms with Crippen LogP contribution in [0.2, 0.25) is 0 Å². The summed E-state index contributed by atoms with van der Waals surface area (Å²) in [5.74, 6) is 0.0542. The molecule has 3 amide bonds. The molecular weight excluding hydrogens is 316 g/mol. The molecule has 6 nitrogen and oxygen atoms in total. The van der Waals surface area contributed by atoms with Crippen LogP contribution in [0.3, 0.4) is 0 Å². The predicted molar refractivity (Wildman–Crippen MR) is 97.2 cm³/mol. The van der Waals surface area contributed by atoms with Crippen LogP contribution in [-0.4, -0.2) is 60.0 Å². The van der Waals surface area contributed by atoms with E-state index in [1.807, 2.05) is 49.1 Å². The molecule has 2 heterocycles. The molecule has 1 aromatic carbocycles. The van der Waals surface area contributed by atoms with Crippen LogP contribution in [0.1, 0.15) is 38.3 Å². The average Bonchev–Trinajstić information content (AvgIpc) is 3.02. The lowest BCUT2D eigenvalue weighted by atomic mass is 9.97. The predicted octanol–water partition coefficient (Wildman–Crippen LogP) is 1.74. The number of nitrogens with zero attached hydrogens (tertiary/aromatic N) is 2. The van der Waals surface area contributed by atoms with E-state index >= 15 is 0 Å². The van der Waals surface area contributed by atoms with Crippen LogP contribution in [0, 0.1) is 0 Å². The van der Waals surface area contributed by atoms with Crippen LogP contribution >= 0.6 is 0 Å². The van der Waals surface area contributed by atoms with Crippen molar-refractivity contribution in [2.24, 2.45) is 0 Å². The van der Waals surface area contributed by atoms with E-state index in [1.165, 1.54) is 0 Å². The van der Waals surface area contributed by atoms with E-state index in [4.69, 9.17) is 0 Å². The molecule has 0 bridgehead atoms. The van der Waals surface area contributed by atoms with Gasteiger partial charge in [-0.2, -0.15) is 0 Å². The van der Waals surface area contributed by atoms with Crippen molar-refractivity contribution in [1.29, 1.82) is 0 Å². The van der Waals surface area contributed by atoms with E-state index < -0.39 is 0 Å². The highest BCUT2D eigenvalue weighted by molar-refractivity contribution is 5.83. The maximum atomic E-state index is 12.8. The Labute approximate surface area is 149 Å². The second-order valence-corrected chi connectivity index (χ2v) is 7.17. The van der Waals surface area contributed by atoms with E-state index in [9.17, 15) is 9.59 Å². The maximum Gasteiger partial charge on any atom is 0.317 e. The normalized spacial score (nSPS) is 20.6. The Morgan fingerprint density at radius 2 is 1.84 bits per heavy atom. The van der Waals surface area contributed by atoms with Gasteiger partial charge in [0.25, 0.3) is 0 Å². The molecule has 0 spiro atoms. The van der Waals surface area contributed by atoms with E-state index in [-0.39, 0.29) is 30.1 Å². The minimum Gasteiger partial charge on any atom is -0.352 e. The third-order valence-electron chi connectivity index (χ3n) is 4.99. The fraction of sp³-hybridized carbons (Fsp3) is 0.579. The second-order valence-electron chi connectivity index (χ2n) is 7.17. The third-order valence-corrected chi connectivity index (χ3v) is 4.99. The van der Waals surface area contributed by atoms with Crippen molar-refractivity contribution in [2.45, 2.75) is 44.8 Å². The fourth-order valence-electron chi connectivity index (χ4n) is 3.82. The summed E-state index contributed by atoms with van der Waals surface area (Å²) < 4.78 is 0. The number of urea groups is 1. The highest BCUT2D eigenvalue weighted by Gasteiger charge is 2.35. The third kappa shape index (κ3) is 4.12. The molecule has 0 aliphatic carbocycles. The molecule has 0 radical (unpaired) electrons. The summed E-state index contributed by atoms with van der Waals surface area (Å²) in [5, 5.41) is 5.93. The van der Waals surface area contributed by atoms with Crippen molar-refractivity contribution < 1.29 is 9.59 Å². The van der Waals surface area contributed by atoms with Gasteiger partial charge in [-0.1, -0.05) is 30.3 Å². The fourth-order valence-corrected chi connectivity index (χ4v) is 3.82. The summed E-state index contributed by atoms with van der Waals surface area (Å²) in [6.07, 6.45) is 1.82. The van der Waals surface area contributed by atoms with Crippen LogP contribution in [0.25, 0.3) is 0 Å². The summed E-state index contributed by atoms with van der Waals surface area (Å²) >= 11 is 0. The minimum absolute atomic E-state index is 0.0515. The van der Waals surface area contributed by atoms with Gasteiger partial charge in [0, 0.05) is 38.3 Å². The number of carbonyl (C=O) groups excluding carboxylic acids is 2. The van der Waals surface area contributed by atoms with E-state index in [0.29, 0.717) is 0 Å². The van der Waals surface area contributed by atoms with Gasteiger partial charge in [-0.15, -0.1) is 0 Å². The Kier molecular flexibility index (Phi) is 5.58. The molecule has 1 aromatic rings. The van der Waals surface area contributed by atoms with Crippen LogP contribution in [-0.2, 0) is 4.79 Å². The van der Waals surface area contributed by atoms with Gasteiger partial charge in [-0.3, -0.25) is 9.69 Å². The molecule has 2 fully saturated rings. The standard InChI is InChI=1S/C19H28N4O2/c1-14(2)21-18(24)17(15-6-4-3-5-7-15)22-11-8-16(9-12-22)23-13-10-20-19(23)25/h3-7,14,16-17H,8-13H2,1-2H3,(H,20,25)(H,21,24)/t17-/m0/s1. The number of carbonyl (C=O) groups is 2. The number of amides is 3. The van der Waals surface area contributed by atoms with Crippen molar-refractivity contribution >= 4 is 11.9 Å². The number of hydrogen-bond donors (Lipinski definition) is 2. The first-order valence-electron chi connectivity index (χ1n) is 9.20. The van der Waals surface area contributed by atoms with Gasteiger partial charge in [0.2, 0.25) is 5.91 Å². The molecule has 1 atom stereocenters. The topological polar surface area (TPSA) is 64.7 Å². The highest BCUT2D eigenvalue weighted by Crippen LogP contribution is 2.27. The van der Waals surface area contributed by atoms with Gasteiger partial charge in [-0.05, 0) is 32.3 Å². The molecule has 2 aliphatic heterocycles. The zero-order valence-electron chi connectivity index (χ0n) is 15.1. The summed E-state index contributed by atoms with van der Waals surface area (Å²) in [5.41, 5.74) is 1.03. The van der Waals surface area contributed by atoms with Crippen molar-refractivity contribution in [2.75, 3.05) is 26.2 Å². The number of rotatable bonds is 5. The molecule has 0 unspecified atom stereocenters. The maximum absolute atomic E-state index is 12.8. The minimum atomic E-state index is -0.267. The van der Waals surface area contributed by atoms with Gasteiger partial charge in [0.15, 0.2) is 0 Å². The zero-order valence-corrected chi connectivity index (χ0v) is 15.1. The van der Waals surface area contributed by atoms with Crippen LogP contribution in [0.15, 0.2) is 30.3 Å². The Hall–Kier alpha value is -2.08. The molecular formula is C19H28N4O2. The van der Waals surface area contributed by atoms with Crippen molar-refractivity contribution in [1.82, 2.24) is 20.4 Å². The zero-order chi connectivity index (χ0) is 17.8. The van der Waals surface area contributed by atoms with Gasteiger partial charge >= 0.3 is 6.03 Å². The number of likely N-dealkylation sites (tertiary alicyclic amines) is 1. The van der Waals surface area contributed by atoms with Gasteiger partial charge in [0.05, 0.1) is 0 Å². The smallest absolute Gasteiger partial charge is 0.317 e. The average molecular weight is 344 g/mol. The molecule has 0 aromatic heterocycles. The summed E-state index contributed by atoms with van der Waals surface area (Å²) in [6.45, 7) is 7.14. The number of hydrogen-bond acceptors (Lipinski definition) is 3. The summed E-state index contributed by atoms with van der Waals surface area (Å²) in [7, 11) is 0. The lowest BCUT2D eigenvalue weighted by Crippen LogP contribution is -2.50.